The van der Waals surface area contributed by atoms with Crippen LogP contribution in [0.4, 0.5) is 5.69 Å². The molecule has 20 heavy (non-hydrogen) atoms. The van der Waals surface area contributed by atoms with Crippen LogP contribution in [-0.2, 0) is 11.3 Å². The third-order valence-electron chi connectivity index (χ3n) is 3.28. The maximum Gasteiger partial charge on any atom is 0.354 e. The van der Waals surface area contributed by atoms with Gasteiger partial charge in [0.05, 0.1) is 13.7 Å². The highest BCUT2D eigenvalue weighted by Crippen LogP contribution is 2.22. The average molecular weight is 272 g/mol. The van der Waals surface area contributed by atoms with Gasteiger partial charge in [-0.15, -0.1) is 0 Å². The van der Waals surface area contributed by atoms with Crippen molar-refractivity contribution in [1.82, 2.24) is 4.98 Å². The minimum Gasteiger partial charge on any atom is -0.464 e. The first-order chi connectivity index (χ1) is 9.51. The minimum absolute atomic E-state index is 0.348. The van der Waals surface area contributed by atoms with Crippen molar-refractivity contribution >= 4 is 11.7 Å². The zero-order chi connectivity index (χ0) is 14.7. The fourth-order valence-electron chi connectivity index (χ4n) is 2.41. The van der Waals surface area contributed by atoms with Crippen LogP contribution in [0.15, 0.2) is 24.3 Å². The first-order valence-corrected chi connectivity index (χ1v) is 6.59. The number of aromatic nitrogens is 1. The van der Waals surface area contributed by atoms with E-state index in [0.717, 1.165) is 11.4 Å². The number of aryl methyl sites for hydroxylation is 3. The van der Waals surface area contributed by atoms with E-state index in [9.17, 15) is 4.79 Å². The Kier molecular flexibility index (Phi) is 4.13. The fraction of sp³-hybridized carbons (Fsp3) is 0.312. The summed E-state index contributed by atoms with van der Waals surface area (Å²) in [5, 5.41) is 3.41. The van der Waals surface area contributed by atoms with E-state index in [2.05, 4.69) is 47.9 Å². The number of benzene rings is 1. The van der Waals surface area contributed by atoms with Gasteiger partial charge in [0, 0.05) is 11.4 Å². The maximum absolute atomic E-state index is 11.4. The Morgan fingerprint density at radius 2 is 1.85 bits per heavy atom. The number of hydrogen-bond donors (Lipinski definition) is 2. The molecule has 1 heterocycles. The number of methoxy groups -OCH3 is 1. The van der Waals surface area contributed by atoms with Gasteiger partial charge in [-0.05, 0) is 44.0 Å². The van der Waals surface area contributed by atoms with E-state index in [-0.39, 0.29) is 5.97 Å². The highest BCUT2D eigenvalue weighted by atomic mass is 16.5. The quantitative estimate of drug-likeness (QED) is 0.839. The second-order valence-electron chi connectivity index (χ2n) is 5.02. The van der Waals surface area contributed by atoms with Crippen molar-refractivity contribution in [2.24, 2.45) is 0 Å². The van der Waals surface area contributed by atoms with Crippen LogP contribution < -0.4 is 5.32 Å². The van der Waals surface area contributed by atoms with Gasteiger partial charge < -0.3 is 15.0 Å². The first kappa shape index (κ1) is 14.2. The molecule has 0 spiro atoms. The SMILES string of the molecule is COC(=O)c1ccc(CNc2c(C)cc(C)cc2C)[nH]1. The van der Waals surface area contributed by atoms with E-state index in [1.807, 2.05) is 6.07 Å². The van der Waals surface area contributed by atoms with Gasteiger partial charge in [-0.3, -0.25) is 0 Å². The van der Waals surface area contributed by atoms with Crippen LogP contribution in [-0.4, -0.2) is 18.1 Å². The van der Waals surface area contributed by atoms with Crippen LogP contribution in [0, 0.1) is 20.8 Å². The zero-order valence-corrected chi connectivity index (χ0v) is 12.3. The van der Waals surface area contributed by atoms with Gasteiger partial charge in [-0.25, -0.2) is 4.79 Å². The monoisotopic (exact) mass is 272 g/mol. The summed E-state index contributed by atoms with van der Waals surface area (Å²) < 4.78 is 4.67. The summed E-state index contributed by atoms with van der Waals surface area (Å²) in [6.07, 6.45) is 0. The topological polar surface area (TPSA) is 54.1 Å². The van der Waals surface area contributed by atoms with E-state index >= 15 is 0 Å². The minimum atomic E-state index is -0.348. The summed E-state index contributed by atoms with van der Waals surface area (Å²) in [6, 6.07) is 7.93. The molecule has 0 saturated carbocycles. The smallest absolute Gasteiger partial charge is 0.354 e. The van der Waals surface area contributed by atoms with Crippen molar-refractivity contribution in [2.45, 2.75) is 27.3 Å². The Morgan fingerprint density at radius 1 is 1.20 bits per heavy atom. The maximum atomic E-state index is 11.4. The normalized spacial score (nSPS) is 10.4. The van der Waals surface area contributed by atoms with E-state index < -0.39 is 0 Å². The number of anilines is 1. The highest BCUT2D eigenvalue weighted by molar-refractivity contribution is 5.87. The van der Waals surface area contributed by atoms with Crippen molar-refractivity contribution in [3.05, 3.63) is 52.3 Å². The Hall–Kier alpha value is -2.23. The molecule has 0 atom stereocenters. The zero-order valence-electron chi connectivity index (χ0n) is 12.3. The molecule has 0 radical (unpaired) electrons. The highest BCUT2D eigenvalue weighted by Gasteiger charge is 2.08. The fourth-order valence-corrected chi connectivity index (χ4v) is 2.41. The molecule has 4 nitrogen and oxygen atoms in total. The molecule has 0 bridgehead atoms. The Bertz CT molecular complexity index is 606. The van der Waals surface area contributed by atoms with Gasteiger partial charge in [0.2, 0.25) is 0 Å². The van der Waals surface area contributed by atoms with Crippen molar-refractivity contribution in [3.8, 4) is 0 Å². The van der Waals surface area contributed by atoms with Crippen molar-refractivity contribution in [2.75, 3.05) is 12.4 Å². The van der Waals surface area contributed by atoms with Crippen LogP contribution >= 0.6 is 0 Å². The van der Waals surface area contributed by atoms with Gasteiger partial charge in [0.15, 0.2) is 0 Å². The summed E-state index contributed by atoms with van der Waals surface area (Å²) >= 11 is 0. The first-order valence-electron chi connectivity index (χ1n) is 6.59. The predicted octanol–water partition coefficient (Wildman–Crippen LogP) is 3.34. The number of esters is 1. The van der Waals surface area contributed by atoms with Crippen molar-refractivity contribution in [1.29, 1.82) is 0 Å². The number of hydrogen-bond acceptors (Lipinski definition) is 3. The number of nitrogens with one attached hydrogen (secondary N) is 2. The molecule has 4 heteroatoms. The molecule has 0 fully saturated rings. The third kappa shape index (κ3) is 3.02. The molecular formula is C16H20N2O2. The number of ether oxygens (including phenoxy) is 1. The predicted molar refractivity (Wildman–Crippen MR) is 80.1 cm³/mol. The third-order valence-corrected chi connectivity index (χ3v) is 3.28. The summed E-state index contributed by atoms with van der Waals surface area (Å²) in [7, 11) is 1.38. The Morgan fingerprint density at radius 3 is 2.45 bits per heavy atom. The van der Waals surface area contributed by atoms with Crippen LogP contribution in [0.1, 0.15) is 32.9 Å². The number of rotatable bonds is 4. The van der Waals surface area contributed by atoms with E-state index in [4.69, 9.17) is 0 Å². The van der Waals surface area contributed by atoms with E-state index in [1.54, 1.807) is 6.07 Å². The Balaban J connectivity index is 2.09. The van der Waals surface area contributed by atoms with Gasteiger partial charge in [-0.1, -0.05) is 17.7 Å². The molecule has 0 aliphatic carbocycles. The van der Waals surface area contributed by atoms with Gasteiger partial charge in [0.25, 0.3) is 0 Å². The molecule has 0 aliphatic rings. The molecule has 106 valence electrons. The molecule has 0 saturated heterocycles. The molecule has 0 amide bonds. The van der Waals surface area contributed by atoms with Gasteiger partial charge >= 0.3 is 5.97 Å². The molecule has 1 aromatic heterocycles. The lowest BCUT2D eigenvalue weighted by Crippen LogP contribution is -2.05. The Labute approximate surface area is 119 Å². The summed E-state index contributed by atoms with van der Waals surface area (Å²) in [4.78, 5) is 14.4. The van der Waals surface area contributed by atoms with E-state index in [0.29, 0.717) is 12.2 Å². The lowest BCUT2D eigenvalue weighted by Gasteiger charge is -2.13. The molecule has 0 aliphatic heterocycles. The van der Waals surface area contributed by atoms with Crippen LogP contribution in [0.2, 0.25) is 0 Å². The van der Waals surface area contributed by atoms with Crippen LogP contribution in [0.25, 0.3) is 0 Å². The number of H-pyrrole nitrogens is 1. The largest absolute Gasteiger partial charge is 0.464 e. The van der Waals surface area contributed by atoms with Crippen molar-refractivity contribution in [3.63, 3.8) is 0 Å². The molecule has 1 aromatic carbocycles. The van der Waals surface area contributed by atoms with Gasteiger partial charge in [0.1, 0.15) is 5.69 Å². The van der Waals surface area contributed by atoms with Crippen molar-refractivity contribution < 1.29 is 9.53 Å². The molecule has 2 rings (SSSR count). The lowest BCUT2D eigenvalue weighted by molar-refractivity contribution is 0.0594. The second kappa shape index (κ2) is 5.82. The number of aromatic amines is 1. The second-order valence-corrected chi connectivity index (χ2v) is 5.02. The molecule has 2 N–H and O–H groups in total. The number of carbonyl (C=O) groups is 1. The molecule has 2 aromatic rings. The lowest BCUT2D eigenvalue weighted by atomic mass is 10.1. The number of carbonyl (C=O) groups excluding carboxylic acids is 1. The van der Waals surface area contributed by atoms with Gasteiger partial charge in [-0.2, -0.15) is 0 Å². The molecule has 0 unspecified atom stereocenters. The summed E-state index contributed by atoms with van der Waals surface area (Å²) in [5.41, 5.74) is 6.28. The van der Waals surface area contributed by atoms with Crippen LogP contribution in [0.3, 0.4) is 0 Å². The standard InChI is InChI=1S/C16H20N2O2/c1-10-7-11(2)15(12(3)8-10)17-9-13-5-6-14(18-13)16(19)20-4/h5-8,17-18H,9H2,1-4H3. The molecular weight excluding hydrogens is 252 g/mol. The summed E-state index contributed by atoms with van der Waals surface area (Å²) in [5.74, 6) is -0.348. The average Bonchev–Trinajstić information content (AvgIpc) is 2.85. The van der Waals surface area contributed by atoms with E-state index in [1.165, 1.54) is 23.8 Å². The summed E-state index contributed by atoms with van der Waals surface area (Å²) in [6.45, 7) is 6.92. The van der Waals surface area contributed by atoms with Crippen LogP contribution in [0.5, 0.6) is 0 Å².